The Bertz CT molecular complexity index is 611. The number of amides is 1. The highest BCUT2D eigenvalue weighted by molar-refractivity contribution is 6.28. The van der Waals surface area contributed by atoms with E-state index in [4.69, 9.17) is 11.6 Å². The van der Waals surface area contributed by atoms with Crippen molar-refractivity contribution in [1.29, 1.82) is 0 Å². The molecule has 2 aromatic heterocycles. The molecule has 1 aliphatic rings. The van der Waals surface area contributed by atoms with E-state index in [-0.39, 0.29) is 17.2 Å². The van der Waals surface area contributed by atoms with Crippen LogP contribution in [0.1, 0.15) is 6.42 Å². The summed E-state index contributed by atoms with van der Waals surface area (Å²) in [6, 6.07) is -0.271. The lowest BCUT2D eigenvalue weighted by Gasteiger charge is -2.13. The number of H-pyrrole nitrogens is 1. The molecule has 0 spiro atoms. The number of nitrogens with zero attached hydrogens (tertiary/aromatic N) is 4. The number of carbonyl (C=O) groups is 1. The van der Waals surface area contributed by atoms with E-state index in [0.717, 1.165) is 13.0 Å². The van der Waals surface area contributed by atoms with E-state index in [1.807, 2.05) is 0 Å². The van der Waals surface area contributed by atoms with Gasteiger partial charge in [0.15, 0.2) is 11.5 Å². The van der Waals surface area contributed by atoms with E-state index in [0.29, 0.717) is 17.0 Å². The summed E-state index contributed by atoms with van der Waals surface area (Å²) in [6.45, 7) is 0.738. The number of carbonyl (C=O) groups excluding carboxylic acids is 1. The molecule has 8 heteroatoms. The van der Waals surface area contributed by atoms with Crippen molar-refractivity contribution in [3.05, 3.63) is 11.6 Å². The molecule has 0 saturated carbocycles. The van der Waals surface area contributed by atoms with Crippen LogP contribution < -0.4 is 5.32 Å². The van der Waals surface area contributed by atoms with Crippen molar-refractivity contribution in [1.82, 2.24) is 24.8 Å². The highest BCUT2D eigenvalue weighted by atomic mass is 35.5. The number of nitrogens with one attached hydrogen (secondary N) is 2. The lowest BCUT2D eigenvalue weighted by molar-refractivity contribution is -0.127. The van der Waals surface area contributed by atoms with Gasteiger partial charge < -0.3 is 15.2 Å². The fourth-order valence-corrected chi connectivity index (χ4v) is 2.20. The first-order valence-corrected chi connectivity index (χ1v) is 5.91. The van der Waals surface area contributed by atoms with Crippen molar-refractivity contribution >= 4 is 34.5 Å². The zero-order valence-electron chi connectivity index (χ0n) is 9.64. The highest BCUT2D eigenvalue weighted by Crippen LogP contribution is 2.21. The maximum Gasteiger partial charge on any atom is 0.244 e. The Kier molecular flexibility index (Phi) is 2.55. The molecular formula is C10H11ClN6O. The molecule has 1 unspecified atom stereocenters. The van der Waals surface area contributed by atoms with Gasteiger partial charge in [-0.25, -0.2) is 4.98 Å². The molecule has 0 aromatic carbocycles. The van der Waals surface area contributed by atoms with Gasteiger partial charge in [-0.3, -0.25) is 4.79 Å². The Morgan fingerprint density at radius 3 is 3.11 bits per heavy atom. The van der Waals surface area contributed by atoms with Gasteiger partial charge in [-0.05, 0) is 18.0 Å². The molecule has 0 bridgehead atoms. The van der Waals surface area contributed by atoms with Crippen LogP contribution in [0.25, 0.3) is 11.2 Å². The topological polar surface area (TPSA) is 86.8 Å². The fraction of sp³-hybridized carbons (Fsp3) is 0.400. The largest absolute Gasteiger partial charge is 0.356 e. The second kappa shape index (κ2) is 4.09. The number of aromatic amines is 1. The smallest absolute Gasteiger partial charge is 0.244 e. The molecule has 1 aliphatic heterocycles. The second-order valence-electron chi connectivity index (χ2n) is 4.19. The first kappa shape index (κ1) is 11.2. The first-order valence-electron chi connectivity index (χ1n) is 5.53. The number of hydrogen-bond donors (Lipinski definition) is 2. The predicted molar refractivity (Wildman–Crippen MR) is 66.4 cm³/mol. The molecule has 2 aromatic rings. The number of likely N-dealkylation sites (tertiary alicyclic amines) is 1. The molecule has 0 aliphatic carbocycles. The van der Waals surface area contributed by atoms with Crippen molar-refractivity contribution in [3.8, 4) is 0 Å². The summed E-state index contributed by atoms with van der Waals surface area (Å²) in [5.74, 6) is 0.563. The van der Waals surface area contributed by atoms with Crippen molar-refractivity contribution in [3.63, 3.8) is 0 Å². The van der Waals surface area contributed by atoms with Gasteiger partial charge in [0.05, 0.1) is 6.33 Å². The van der Waals surface area contributed by atoms with Gasteiger partial charge in [-0.2, -0.15) is 9.97 Å². The second-order valence-corrected chi connectivity index (χ2v) is 4.53. The number of aromatic nitrogens is 4. The third kappa shape index (κ3) is 1.76. The van der Waals surface area contributed by atoms with Gasteiger partial charge in [0.1, 0.15) is 11.6 Å². The van der Waals surface area contributed by atoms with E-state index in [1.165, 1.54) is 6.33 Å². The molecule has 3 rings (SSSR count). The van der Waals surface area contributed by atoms with Gasteiger partial charge in [-0.1, -0.05) is 0 Å². The molecule has 7 nitrogen and oxygen atoms in total. The number of likely N-dealkylation sites (N-methyl/N-ethyl adjacent to an activating group) is 1. The van der Waals surface area contributed by atoms with Crippen LogP contribution in [0.4, 0.5) is 5.82 Å². The Hall–Kier alpha value is -1.89. The molecule has 18 heavy (non-hydrogen) atoms. The standard InChI is InChI=1S/C10H11ClN6O/c1-17-3-2-5(9(17)18)14-8-6-7(13-4-12-6)15-10(11)16-8/h4-5H,2-3H2,1H3,(H2,12,13,14,15,16). The number of fused-ring (bicyclic) bond motifs is 1. The molecule has 1 amide bonds. The van der Waals surface area contributed by atoms with Gasteiger partial charge >= 0.3 is 0 Å². The van der Waals surface area contributed by atoms with E-state index >= 15 is 0 Å². The number of anilines is 1. The number of hydrogen-bond acceptors (Lipinski definition) is 5. The number of imidazole rings is 1. The van der Waals surface area contributed by atoms with Crippen LogP contribution in [-0.4, -0.2) is 50.4 Å². The minimum atomic E-state index is -0.271. The normalized spacial score (nSPS) is 19.8. The Labute approximate surface area is 108 Å². The molecule has 1 saturated heterocycles. The SMILES string of the molecule is CN1CCC(Nc2nc(Cl)nc3nc[nH]c23)C1=O. The molecule has 3 heterocycles. The average molecular weight is 267 g/mol. The van der Waals surface area contributed by atoms with E-state index in [9.17, 15) is 4.79 Å². The van der Waals surface area contributed by atoms with E-state index in [2.05, 4.69) is 25.3 Å². The average Bonchev–Trinajstić information content (AvgIpc) is 2.90. The predicted octanol–water partition coefficient (Wildman–Crippen LogP) is 0.649. The number of halogens is 1. The maximum atomic E-state index is 11.8. The van der Waals surface area contributed by atoms with Crippen LogP contribution >= 0.6 is 11.6 Å². The third-order valence-electron chi connectivity index (χ3n) is 3.00. The quantitative estimate of drug-likeness (QED) is 0.780. The summed E-state index contributed by atoms with van der Waals surface area (Å²) in [5, 5.41) is 3.20. The maximum absolute atomic E-state index is 11.8. The molecule has 0 radical (unpaired) electrons. The lowest BCUT2D eigenvalue weighted by atomic mass is 10.2. The zero-order chi connectivity index (χ0) is 12.7. The summed E-state index contributed by atoms with van der Waals surface area (Å²) in [5.41, 5.74) is 1.14. The minimum Gasteiger partial charge on any atom is -0.356 e. The Balaban J connectivity index is 1.95. The Morgan fingerprint density at radius 1 is 1.56 bits per heavy atom. The summed E-state index contributed by atoms with van der Waals surface area (Å²) in [4.78, 5) is 28.6. The summed E-state index contributed by atoms with van der Waals surface area (Å²) < 4.78 is 0. The monoisotopic (exact) mass is 266 g/mol. The minimum absolute atomic E-state index is 0.0531. The lowest BCUT2D eigenvalue weighted by Crippen LogP contribution is -2.31. The molecule has 1 atom stereocenters. The molecule has 2 N–H and O–H groups in total. The summed E-state index contributed by atoms with van der Waals surface area (Å²) >= 11 is 5.82. The first-order chi connectivity index (χ1) is 8.65. The van der Waals surface area contributed by atoms with Crippen LogP contribution in [0.2, 0.25) is 5.28 Å². The molecule has 1 fully saturated rings. The van der Waals surface area contributed by atoms with Gasteiger partial charge in [-0.15, -0.1) is 0 Å². The van der Waals surface area contributed by atoms with Gasteiger partial charge in [0, 0.05) is 13.6 Å². The van der Waals surface area contributed by atoms with Gasteiger partial charge in [0.2, 0.25) is 11.2 Å². The van der Waals surface area contributed by atoms with Crippen molar-refractivity contribution < 1.29 is 4.79 Å². The number of rotatable bonds is 2. The molecule has 94 valence electrons. The Morgan fingerprint density at radius 2 is 2.39 bits per heavy atom. The third-order valence-corrected chi connectivity index (χ3v) is 3.17. The van der Waals surface area contributed by atoms with Crippen LogP contribution in [0.5, 0.6) is 0 Å². The van der Waals surface area contributed by atoms with Crippen LogP contribution in [-0.2, 0) is 4.79 Å². The van der Waals surface area contributed by atoms with Crippen molar-refractivity contribution in [2.45, 2.75) is 12.5 Å². The van der Waals surface area contributed by atoms with Crippen molar-refractivity contribution in [2.24, 2.45) is 0 Å². The highest BCUT2D eigenvalue weighted by Gasteiger charge is 2.29. The fourth-order valence-electron chi connectivity index (χ4n) is 2.03. The zero-order valence-corrected chi connectivity index (χ0v) is 10.4. The summed E-state index contributed by atoms with van der Waals surface area (Å²) in [6.07, 6.45) is 2.26. The van der Waals surface area contributed by atoms with E-state index in [1.54, 1.807) is 11.9 Å². The van der Waals surface area contributed by atoms with E-state index < -0.39 is 0 Å². The van der Waals surface area contributed by atoms with Gasteiger partial charge in [0.25, 0.3) is 0 Å². The van der Waals surface area contributed by atoms with Crippen LogP contribution in [0.15, 0.2) is 6.33 Å². The summed E-state index contributed by atoms with van der Waals surface area (Å²) in [7, 11) is 1.78. The van der Waals surface area contributed by atoms with Crippen molar-refractivity contribution in [2.75, 3.05) is 18.9 Å². The van der Waals surface area contributed by atoms with Crippen LogP contribution in [0.3, 0.4) is 0 Å². The van der Waals surface area contributed by atoms with Crippen LogP contribution in [0, 0.1) is 0 Å². The molecular weight excluding hydrogens is 256 g/mol.